The van der Waals surface area contributed by atoms with Crippen LogP contribution in [0.2, 0.25) is 0 Å². The van der Waals surface area contributed by atoms with E-state index in [9.17, 15) is 9.90 Å². The summed E-state index contributed by atoms with van der Waals surface area (Å²) in [5.74, 6) is 0.999. The lowest BCUT2D eigenvalue weighted by atomic mass is 9.74. The second kappa shape index (κ2) is 12.7. The van der Waals surface area contributed by atoms with Gasteiger partial charge in [-0.3, -0.25) is 4.79 Å². The standard InChI is InChI=1S/C29H43NO5S/c1-6-26-24-13-29(4,5)10-9-23(24)28(36-26)25(34)8-7-20-11-18(2)27(19(3)12-20)35-17-22(33)14-30-21(15-31)16-32/h11-12,21-22,30-33H,6-10,13-17H2,1-5H3. The SMILES string of the molecule is CCc1sc(C(=O)CCc2cc(C)c(OCC(O)CNC(CO)CO)c(C)c2)c2c1CC(C)(C)CC2. The van der Waals surface area contributed by atoms with Crippen molar-refractivity contribution in [3.8, 4) is 5.75 Å². The summed E-state index contributed by atoms with van der Waals surface area (Å²) in [6.45, 7) is 10.7. The lowest BCUT2D eigenvalue weighted by molar-refractivity contribution is 0.0923. The Morgan fingerprint density at radius 1 is 1.17 bits per heavy atom. The lowest BCUT2D eigenvalue weighted by Gasteiger charge is -2.30. The Hall–Kier alpha value is -1.77. The monoisotopic (exact) mass is 517 g/mol. The van der Waals surface area contributed by atoms with Gasteiger partial charge in [-0.2, -0.15) is 0 Å². The molecule has 0 saturated heterocycles. The highest BCUT2D eigenvalue weighted by atomic mass is 32.1. The average molecular weight is 518 g/mol. The van der Waals surface area contributed by atoms with E-state index in [1.54, 1.807) is 11.3 Å². The summed E-state index contributed by atoms with van der Waals surface area (Å²) in [5, 5.41) is 31.3. The molecule has 4 N–H and O–H groups in total. The van der Waals surface area contributed by atoms with Gasteiger partial charge in [0, 0.05) is 17.8 Å². The molecule has 7 heteroatoms. The smallest absolute Gasteiger partial charge is 0.173 e. The number of rotatable bonds is 13. The first-order valence-corrected chi connectivity index (χ1v) is 13.9. The first-order chi connectivity index (χ1) is 17.1. The van der Waals surface area contributed by atoms with E-state index in [0.29, 0.717) is 18.3 Å². The molecule has 0 spiro atoms. The Morgan fingerprint density at radius 2 is 1.83 bits per heavy atom. The number of aryl methyl sites for hydroxylation is 4. The van der Waals surface area contributed by atoms with E-state index in [1.165, 1.54) is 16.0 Å². The summed E-state index contributed by atoms with van der Waals surface area (Å²) in [6.07, 6.45) is 4.63. The summed E-state index contributed by atoms with van der Waals surface area (Å²) in [5.41, 5.74) is 6.13. The minimum absolute atomic E-state index is 0.107. The van der Waals surface area contributed by atoms with E-state index in [0.717, 1.165) is 53.0 Å². The predicted molar refractivity (Wildman–Crippen MR) is 146 cm³/mol. The van der Waals surface area contributed by atoms with Crippen LogP contribution in [0.5, 0.6) is 5.75 Å². The number of carbonyl (C=O) groups excluding carboxylic acids is 1. The Balaban J connectivity index is 1.60. The molecule has 0 fully saturated rings. The molecule has 36 heavy (non-hydrogen) atoms. The van der Waals surface area contributed by atoms with Crippen molar-refractivity contribution >= 4 is 17.1 Å². The van der Waals surface area contributed by atoms with E-state index in [2.05, 4.69) is 38.2 Å². The van der Waals surface area contributed by atoms with Crippen LogP contribution in [0.4, 0.5) is 0 Å². The van der Waals surface area contributed by atoms with Crippen molar-refractivity contribution in [2.75, 3.05) is 26.4 Å². The van der Waals surface area contributed by atoms with Crippen LogP contribution in [-0.4, -0.2) is 59.6 Å². The van der Waals surface area contributed by atoms with Gasteiger partial charge >= 0.3 is 0 Å². The number of carbonyl (C=O) groups is 1. The Labute approximate surface area is 219 Å². The fraction of sp³-hybridized carbons (Fsp3) is 0.621. The molecule has 0 bridgehead atoms. The van der Waals surface area contributed by atoms with Crippen molar-refractivity contribution in [2.24, 2.45) is 5.41 Å². The van der Waals surface area contributed by atoms with E-state index in [4.69, 9.17) is 14.9 Å². The van der Waals surface area contributed by atoms with Gasteiger partial charge in [-0.1, -0.05) is 32.9 Å². The number of hydrogen-bond donors (Lipinski definition) is 4. The van der Waals surface area contributed by atoms with Crippen molar-refractivity contribution in [3.63, 3.8) is 0 Å². The Kier molecular flexibility index (Phi) is 10.1. The number of ether oxygens (including phenoxy) is 1. The van der Waals surface area contributed by atoms with Crippen molar-refractivity contribution in [1.82, 2.24) is 5.32 Å². The van der Waals surface area contributed by atoms with E-state index >= 15 is 0 Å². The van der Waals surface area contributed by atoms with Crippen LogP contribution < -0.4 is 10.1 Å². The van der Waals surface area contributed by atoms with Crippen molar-refractivity contribution in [2.45, 2.75) is 85.3 Å². The third-order valence-corrected chi connectivity index (χ3v) is 8.61. The molecule has 1 aliphatic carbocycles. The number of Topliss-reactive ketones (excluding diaryl/α,β-unsaturated/α-hetero) is 1. The number of ketones is 1. The first kappa shape index (κ1) is 28.8. The number of hydrogen-bond acceptors (Lipinski definition) is 7. The maximum absolute atomic E-state index is 13.3. The molecule has 1 atom stereocenters. The quantitative estimate of drug-likeness (QED) is 0.301. The zero-order chi connectivity index (χ0) is 26.5. The molecule has 1 unspecified atom stereocenters. The zero-order valence-electron chi connectivity index (χ0n) is 22.4. The predicted octanol–water partition coefficient (Wildman–Crippen LogP) is 3.94. The highest BCUT2D eigenvalue weighted by Crippen LogP contribution is 2.42. The molecule has 200 valence electrons. The molecule has 6 nitrogen and oxygen atoms in total. The van der Waals surface area contributed by atoms with Crippen molar-refractivity contribution in [3.05, 3.63) is 49.7 Å². The topological polar surface area (TPSA) is 99.0 Å². The third kappa shape index (κ3) is 7.17. The zero-order valence-corrected chi connectivity index (χ0v) is 23.3. The van der Waals surface area contributed by atoms with Gasteiger partial charge in [-0.05, 0) is 79.2 Å². The molecule has 0 amide bonds. The normalized spacial score (nSPS) is 15.7. The van der Waals surface area contributed by atoms with Gasteiger partial charge in [-0.15, -0.1) is 11.3 Å². The second-order valence-corrected chi connectivity index (χ2v) is 12.0. The maximum atomic E-state index is 13.3. The average Bonchev–Trinajstić information content (AvgIpc) is 3.19. The van der Waals surface area contributed by atoms with Crippen LogP contribution in [0, 0.1) is 19.3 Å². The minimum Gasteiger partial charge on any atom is -0.490 e. The largest absolute Gasteiger partial charge is 0.490 e. The number of thiophene rings is 1. The Bertz CT molecular complexity index is 1020. The summed E-state index contributed by atoms with van der Waals surface area (Å²) in [7, 11) is 0. The van der Waals surface area contributed by atoms with Crippen LogP contribution >= 0.6 is 11.3 Å². The number of benzene rings is 1. The summed E-state index contributed by atoms with van der Waals surface area (Å²) < 4.78 is 5.89. The van der Waals surface area contributed by atoms with Crippen LogP contribution in [0.3, 0.4) is 0 Å². The van der Waals surface area contributed by atoms with Crippen molar-refractivity contribution in [1.29, 1.82) is 0 Å². The number of nitrogens with one attached hydrogen (secondary N) is 1. The molecule has 1 aliphatic rings. The van der Waals surface area contributed by atoms with Crippen LogP contribution in [0.15, 0.2) is 12.1 Å². The van der Waals surface area contributed by atoms with Gasteiger partial charge in [-0.25, -0.2) is 0 Å². The summed E-state index contributed by atoms with van der Waals surface area (Å²) in [4.78, 5) is 15.6. The molecule has 0 aliphatic heterocycles. The van der Waals surface area contributed by atoms with Crippen LogP contribution in [0.1, 0.15) is 76.0 Å². The minimum atomic E-state index is -0.767. The Morgan fingerprint density at radius 3 is 2.44 bits per heavy atom. The van der Waals surface area contributed by atoms with Crippen LogP contribution in [-0.2, 0) is 25.7 Å². The number of fused-ring (bicyclic) bond motifs is 1. The molecular weight excluding hydrogens is 474 g/mol. The molecular formula is C29H43NO5S. The maximum Gasteiger partial charge on any atom is 0.173 e. The summed E-state index contributed by atoms with van der Waals surface area (Å²) in [6, 6.07) is 3.68. The number of aliphatic hydroxyl groups is 3. The molecule has 1 aromatic heterocycles. The fourth-order valence-corrected chi connectivity index (χ4v) is 6.35. The molecule has 1 aromatic carbocycles. The molecule has 0 radical (unpaired) electrons. The molecule has 2 aromatic rings. The van der Waals surface area contributed by atoms with Crippen molar-refractivity contribution < 1.29 is 24.9 Å². The number of aliphatic hydroxyl groups excluding tert-OH is 3. The highest BCUT2D eigenvalue weighted by molar-refractivity contribution is 7.14. The van der Waals surface area contributed by atoms with Gasteiger partial charge < -0.3 is 25.4 Å². The summed E-state index contributed by atoms with van der Waals surface area (Å²) >= 11 is 1.72. The van der Waals surface area contributed by atoms with E-state index in [-0.39, 0.29) is 32.1 Å². The van der Waals surface area contributed by atoms with Gasteiger partial charge in [0.2, 0.25) is 0 Å². The highest BCUT2D eigenvalue weighted by Gasteiger charge is 2.31. The molecule has 0 saturated carbocycles. The van der Waals surface area contributed by atoms with Crippen LogP contribution in [0.25, 0.3) is 0 Å². The van der Waals surface area contributed by atoms with Gasteiger partial charge in [0.1, 0.15) is 18.5 Å². The molecule has 3 rings (SSSR count). The molecule has 1 heterocycles. The fourth-order valence-electron chi connectivity index (χ4n) is 5.07. The van der Waals surface area contributed by atoms with Gasteiger partial charge in [0.15, 0.2) is 5.78 Å². The lowest BCUT2D eigenvalue weighted by Crippen LogP contribution is -2.42. The van der Waals surface area contributed by atoms with Gasteiger partial charge in [0.25, 0.3) is 0 Å². The van der Waals surface area contributed by atoms with E-state index in [1.807, 2.05) is 13.8 Å². The second-order valence-electron chi connectivity index (χ2n) is 10.9. The first-order valence-electron chi connectivity index (χ1n) is 13.1. The third-order valence-electron chi connectivity index (χ3n) is 7.15. The van der Waals surface area contributed by atoms with E-state index < -0.39 is 12.1 Å². The van der Waals surface area contributed by atoms with Gasteiger partial charge in [0.05, 0.1) is 24.1 Å².